The molecule has 2 unspecified atom stereocenters. The first-order chi connectivity index (χ1) is 60.9. The first-order valence-corrected chi connectivity index (χ1v) is 45.4. The number of guanidine groups is 5. The molecule has 7 aromatic carbocycles. The first kappa shape index (κ1) is 92.5. The molecule has 10 heterocycles. The lowest BCUT2D eigenvalue weighted by Gasteiger charge is -2.41. The Morgan fingerprint density at radius 1 is 0.488 bits per heavy atom. The van der Waals surface area contributed by atoms with Crippen molar-refractivity contribution in [1.29, 1.82) is 0 Å². The van der Waals surface area contributed by atoms with Crippen molar-refractivity contribution in [2.45, 2.75) is 140 Å². The largest absolute Gasteiger partial charge is 0.494 e. The number of benzene rings is 7. The van der Waals surface area contributed by atoms with Gasteiger partial charge in [0.1, 0.15) is 16.8 Å². The van der Waals surface area contributed by atoms with Gasteiger partial charge in [0.15, 0.2) is 35.3 Å². The number of hydrogen-bond donors (Lipinski definition) is 5. The van der Waals surface area contributed by atoms with Gasteiger partial charge in [-0.2, -0.15) is 10.2 Å². The van der Waals surface area contributed by atoms with Crippen molar-refractivity contribution < 1.29 is 28.7 Å². The van der Waals surface area contributed by atoms with E-state index in [0.29, 0.717) is 17.6 Å². The molecule has 5 aromatic heterocycles. The van der Waals surface area contributed by atoms with Gasteiger partial charge in [-0.15, -0.1) is 22.7 Å². The number of halogens is 2. The number of likely N-dealkylation sites (N-methyl/N-ethyl adjacent to an activating group) is 4. The van der Waals surface area contributed by atoms with Gasteiger partial charge in [0.2, 0.25) is 23.3 Å². The van der Waals surface area contributed by atoms with Crippen LogP contribution in [0.5, 0.6) is 5.75 Å². The number of hydrogen-bond acceptors (Lipinski definition) is 21. The smallest absolute Gasteiger partial charge is 0.267 e. The molecule has 1 saturated carbocycles. The normalized spacial score (nSPS) is 22.1. The Labute approximate surface area is 773 Å². The lowest BCUT2D eigenvalue weighted by atomic mass is 9.73. The van der Waals surface area contributed by atoms with E-state index in [1.54, 1.807) is 79.7 Å². The monoisotopic (exact) mass is 1850 g/mol. The highest BCUT2D eigenvalue weighted by Crippen LogP contribution is 2.55. The molecule has 0 radical (unpaired) electrons. The zero-order valence-corrected chi connectivity index (χ0v) is 79.8. The number of aliphatic imine (C=N–C) groups is 5. The van der Waals surface area contributed by atoms with Gasteiger partial charge in [0.05, 0.1) is 46.0 Å². The predicted molar refractivity (Wildman–Crippen MR) is 520 cm³/mol. The van der Waals surface area contributed by atoms with Gasteiger partial charge in [-0.05, 0) is 186 Å². The number of carbonyl (C=O) groups is 5. The van der Waals surface area contributed by atoms with E-state index in [2.05, 4.69) is 112 Å². The van der Waals surface area contributed by atoms with Crippen LogP contribution in [0.2, 0.25) is 5.02 Å². The number of aromatic nitrogens is 5. The highest BCUT2D eigenvalue weighted by atomic mass is 79.9. The van der Waals surface area contributed by atoms with Crippen LogP contribution in [0.25, 0.3) is 43.4 Å². The van der Waals surface area contributed by atoms with Gasteiger partial charge in [0.25, 0.3) is 11.8 Å². The number of carbonyl (C=O) groups excluding carboxylic acids is 5. The summed E-state index contributed by atoms with van der Waals surface area (Å²) in [5.74, 6) is 1.03. The highest BCUT2D eigenvalue weighted by molar-refractivity contribution is 9.10. The zero-order chi connectivity index (χ0) is 93.1. The van der Waals surface area contributed by atoms with Crippen LogP contribution in [0.4, 0.5) is 0 Å². The lowest BCUT2D eigenvalue weighted by Crippen LogP contribution is -2.52. The van der Waals surface area contributed by atoms with Crippen molar-refractivity contribution in [3.05, 3.63) is 282 Å². The number of fused-ring (bicyclic) bond motifs is 2. The molecule has 5 amide bonds. The van der Waals surface area contributed by atoms with Crippen LogP contribution in [-0.2, 0) is 71.1 Å². The summed E-state index contributed by atoms with van der Waals surface area (Å²) >= 11 is 12.5. The van der Waals surface area contributed by atoms with Crippen LogP contribution in [-0.4, -0.2) is 150 Å². The predicted octanol–water partition coefficient (Wildman–Crippen LogP) is 16.3. The van der Waals surface area contributed by atoms with Crippen LogP contribution >= 0.6 is 50.2 Å². The maximum atomic E-state index is 13.4. The molecule has 7 atom stereocenters. The summed E-state index contributed by atoms with van der Waals surface area (Å²) in [7, 11) is 12.2. The van der Waals surface area contributed by atoms with Crippen LogP contribution in [0.3, 0.4) is 0 Å². The van der Waals surface area contributed by atoms with Crippen molar-refractivity contribution in [2.24, 2.45) is 79.1 Å². The quantitative estimate of drug-likeness (QED) is 0.0716. The Morgan fingerprint density at radius 2 is 1.01 bits per heavy atom. The topological polar surface area (TPSA) is 351 Å². The second kappa shape index (κ2) is 35.7. The van der Waals surface area contributed by atoms with E-state index >= 15 is 0 Å². The molecule has 129 heavy (non-hydrogen) atoms. The molecular weight excluding hydrogens is 1740 g/mol. The third-order valence-electron chi connectivity index (χ3n) is 24.9. The summed E-state index contributed by atoms with van der Waals surface area (Å²) < 4.78 is 10.2. The van der Waals surface area contributed by atoms with Crippen molar-refractivity contribution in [2.75, 3.05) is 41.8 Å². The molecule has 10 N–H and O–H groups in total. The molecule has 1 fully saturated rings. The fraction of sp³-hybridized carbons (Fsp3) is 0.323. The minimum atomic E-state index is -1.14. The molecule has 668 valence electrons. The van der Waals surface area contributed by atoms with Crippen molar-refractivity contribution in [3.63, 3.8) is 0 Å². The van der Waals surface area contributed by atoms with E-state index in [1.807, 2.05) is 230 Å². The molecule has 30 heteroatoms. The summed E-state index contributed by atoms with van der Waals surface area (Å²) in [6.45, 7) is 23.4. The molecular formula is C99H110BrClN20O6S2. The van der Waals surface area contributed by atoms with Gasteiger partial charge in [0, 0.05) is 110 Å². The molecule has 26 nitrogen and oxygen atoms in total. The highest BCUT2D eigenvalue weighted by Gasteiger charge is 2.59. The molecule has 0 spiro atoms. The number of aryl methyl sites for hydroxylation is 2. The molecule has 5 aliphatic heterocycles. The first-order valence-electron chi connectivity index (χ1n) is 42.5. The van der Waals surface area contributed by atoms with Gasteiger partial charge in [-0.1, -0.05) is 196 Å². The number of rotatable bonds is 13. The number of ether oxygens (including phenoxy) is 1. The van der Waals surface area contributed by atoms with E-state index in [4.69, 9.17) is 55.0 Å². The number of thiophene rings is 2. The van der Waals surface area contributed by atoms with Gasteiger partial charge < -0.3 is 33.4 Å². The number of pyridine rings is 1. The van der Waals surface area contributed by atoms with Crippen molar-refractivity contribution in [3.8, 4) is 27.3 Å². The fourth-order valence-corrected chi connectivity index (χ4v) is 20.0. The van der Waals surface area contributed by atoms with Crippen LogP contribution in [0.15, 0.2) is 248 Å². The Kier molecular flexibility index (Phi) is 25.6. The maximum Gasteiger partial charge on any atom is 0.267 e. The molecule has 18 rings (SSSR count). The van der Waals surface area contributed by atoms with Gasteiger partial charge in [-0.25, -0.2) is 25.0 Å². The number of nitrogens with two attached hydrogens (primary N) is 5. The second-order valence-electron chi connectivity index (χ2n) is 36.3. The molecule has 0 bridgehead atoms. The third-order valence-corrected chi connectivity index (χ3v) is 27.9. The summed E-state index contributed by atoms with van der Waals surface area (Å²) in [4.78, 5) is 103. The molecule has 6 aliphatic rings. The molecule has 0 saturated heterocycles. The number of nitrogens with zero attached hydrogens (tertiary/aromatic N) is 15. The summed E-state index contributed by atoms with van der Waals surface area (Å²) in [6, 6.07) is 61.7. The SMILES string of the molecule is CCOc1cccc(-c2ccc(C3(c4ccccc4)N=C(N)N(C)C3=O)s2)c1.CN1C(=O)C(C)(C)[C@@H](c2cccc(Br)c2)N=C1N.CN1C(=O)C(c2cc(-c3cncc(Cl)c3)cs2)(C2CC2)N=C1N.CN1C(=O)[C@@H](c2ccc(C(C)(C)C)cc2)[C@@](C)(c2ccc3cn(C)nc3c2)N=C1N.CN1C(=O)[C@H](c2ccc(C(C)(C)C)cc2)[C@@](C)(c2ccc3cn(C)nc3c2)N=C1N. The van der Waals surface area contributed by atoms with E-state index in [0.717, 1.165) is 110 Å². The van der Waals surface area contributed by atoms with E-state index in [-0.39, 0.29) is 76.2 Å². The summed E-state index contributed by atoms with van der Waals surface area (Å²) in [5.41, 5.74) is 38.6. The van der Waals surface area contributed by atoms with Crippen LogP contribution < -0.4 is 33.4 Å². The fourth-order valence-electron chi connectivity index (χ4n) is 17.2. The molecule has 12 aromatic rings. The van der Waals surface area contributed by atoms with Gasteiger partial charge >= 0.3 is 0 Å². The molecule has 1 aliphatic carbocycles. The van der Waals surface area contributed by atoms with E-state index in [9.17, 15) is 24.0 Å². The van der Waals surface area contributed by atoms with Crippen LogP contribution in [0.1, 0.15) is 161 Å². The van der Waals surface area contributed by atoms with E-state index < -0.39 is 39.4 Å². The summed E-state index contributed by atoms with van der Waals surface area (Å²) in [6.07, 6.45) is 9.32. The Morgan fingerprint density at radius 3 is 1.50 bits per heavy atom. The standard InChI is InChI=1S/2C24H29N5O.C22H21N3O2S.C16H15ClN4OS.C13H16BrN3O/c2*1-23(2,3)17-10-7-15(8-11-17)20-21(30)29(6)22(25)26-24(20,4)18-12-9-16-14-28(5)27-19(16)13-18;1-3-27-17-11-7-8-15(14-17)18-12-13-19(28-18)22(16-9-5-4-6-10-16)20(26)25(2)21(23)24-22;1-21-14(22)16(11-2-3-11,20-15(21)18)13-5-10(8-23-13)9-4-12(17)7-19-6-9;1-13(2)10(8-5-4-6-9(14)7-8)16-12(15)17(3)11(13)18/h2*7-14,20H,1-6H3,(H2,25,26);4-14H,3H2,1-2H3,(H2,23,24);4-8,11H,2-3H2,1H3,(H2,18,20);4-7,10H,1-3H3,(H2,15,16)/t20-,24+;20-,24-;;;10-/m01..1/s1. The number of amides is 5. The Hall–Kier alpha value is -12.7. The average Bonchev–Trinajstić information content (AvgIpc) is 1.64. The third kappa shape index (κ3) is 17.9. The zero-order valence-electron chi connectivity index (χ0n) is 75.8. The minimum absolute atomic E-state index is 0.0139. The average molecular weight is 1860 g/mol. The maximum absolute atomic E-state index is 13.4. The minimum Gasteiger partial charge on any atom is -0.494 e. The Balaban J connectivity index is 0.000000132. The summed E-state index contributed by atoms with van der Waals surface area (Å²) in [5, 5.41) is 13.8. The Bertz CT molecular complexity index is 6290. The van der Waals surface area contributed by atoms with Crippen molar-refractivity contribution in [1.82, 2.24) is 49.0 Å². The van der Waals surface area contributed by atoms with Gasteiger partial charge in [-0.3, -0.25) is 62.8 Å². The van der Waals surface area contributed by atoms with Crippen molar-refractivity contribution >= 4 is 131 Å². The second-order valence-corrected chi connectivity index (χ2v) is 39.7. The lowest BCUT2D eigenvalue weighted by molar-refractivity contribution is -0.137. The van der Waals surface area contributed by atoms with Crippen LogP contribution in [0, 0.1) is 11.3 Å². The van der Waals surface area contributed by atoms with E-state index in [1.165, 1.54) is 35.6 Å².